The fourth-order valence-electron chi connectivity index (χ4n) is 2.01. The van der Waals surface area contributed by atoms with Gasteiger partial charge in [-0.05, 0) is 18.8 Å². The Morgan fingerprint density at radius 2 is 2.09 bits per heavy atom. The highest BCUT2D eigenvalue weighted by Gasteiger charge is 2.31. The van der Waals surface area contributed by atoms with E-state index in [4.69, 9.17) is 4.74 Å². The summed E-state index contributed by atoms with van der Waals surface area (Å²) in [6, 6.07) is 0.310. The van der Waals surface area contributed by atoms with Crippen LogP contribution in [0.2, 0.25) is 0 Å². The standard InChI is InChI=1S/C8H13NO2/c10-8-9-7(5-11-8)6-3-1-2-4-6/h6-7H,1-5H2,(H,9,10)/t7-/m1/s1. The number of hydrogen-bond donors (Lipinski definition) is 1. The molecule has 0 aromatic carbocycles. The average Bonchev–Trinajstić information content (AvgIpc) is 2.55. The molecule has 1 saturated carbocycles. The van der Waals surface area contributed by atoms with Gasteiger partial charge in [-0.1, -0.05) is 12.8 Å². The SMILES string of the molecule is O=C1N[C@@H](C2CCCC2)CO1. The van der Waals surface area contributed by atoms with Crippen LogP contribution in [-0.2, 0) is 4.74 Å². The Labute approximate surface area is 66.1 Å². The van der Waals surface area contributed by atoms with Gasteiger partial charge in [-0.3, -0.25) is 0 Å². The Bertz CT molecular complexity index is 163. The van der Waals surface area contributed by atoms with E-state index in [0.717, 1.165) is 0 Å². The van der Waals surface area contributed by atoms with Crippen molar-refractivity contribution in [1.82, 2.24) is 5.32 Å². The smallest absolute Gasteiger partial charge is 0.407 e. The number of hydrogen-bond acceptors (Lipinski definition) is 2. The molecule has 0 radical (unpaired) electrons. The van der Waals surface area contributed by atoms with Crippen LogP contribution in [0.1, 0.15) is 25.7 Å². The first kappa shape index (κ1) is 6.95. The van der Waals surface area contributed by atoms with E-state index in [1.807, 2.05) is 0 Å². The Hall–Kier alpha value is -0.730. The molecule has 1 heterocycles. The number of alkyl carbamates (subject to hydrolysis) is 1. The molecule has 0 aromatic heterocycles. The van der Waals surface area contributed by atoms with Gasteiger partial charge in [-0.2, -0.15) is 0 Å². The van der Waals surface area contributed by atoms with E-state index in [9.17, 15) is 4.79 Å². The number of cyclic esters (lactones) is 1. The summed E-state index contributed by atoms with van der Waals surface area (Å²) in [6.07, 6.45) is 4.92. The number of carbonyl (C=O) groups excluding carboxylic acids is 1. The fraction of sp³-hybridized carbons (Fsp3) is 0.875. The second-order valence-electron chi connectivity index (χ2n) is 3.39. The molecule has 0 bridgehead atoms. The summed E-state index contributed by atoms with van der Waals surface area (Å²) in [5.41, 5.74) is 0. The van der Waals surface area contributed by atoms with Crippen molar-refractivity contribution < 1.29 is 9.53 Å². The van der Waals surface area contributed by atoms with Crippen molar-refractivity contribution in [1.29, 1.82) is 0 Å². The Morgan fingerprint density at radius 3 is 2.64 bits per heavy atom. The van der Waals surface area contributed by atoms with Gasteiger partial charge in [-0.15, -0.1) is 0 Å². The van der Waals surface area contributed by atoms with E-state index in [1.165, 1.54) is 25.7 Å². The molecule has 1 aliphatic heterocycles. The van der Waals surface area contributed by atoms with Gasteiger partial charge in [0.1, 0.15) is 6.61 Å². The molecular formula is C8H13NO2. The van der Waals surface area contributed by atoms with Crippen molar-refractivity contribution in [3.8, 4) is 0 Å². The lowest BCUT2D eigenvalue weighted by Gasteiger charge is -2.14. The molecule has 1 aliphatic carbocycles. The highest BCUT2D eigenvalue weighted by molar-refractivity contribution is 5.69. The van der Waals surface area contributed by atoms with Gasteiger partial charge in [0.05, 0.1) is 6.04 Å². The van der Waals surface area contributed by atoms with Crippen molar-refractivity contribution in [2.75, 3.05) is 6.61 Å². The molecule has 2 fully saturated rings. The van der Waals surface area contributed by atoms with Gasteiger partial charge < -0.3 is 10.1 Å². The molecule has 0 spiro atoms. The Kier molecular flexibility index (Phi) is 1.72. The van der Waals surface area contributed by atoms with Crippen molar-refractivity contribution >= 4 is 6.09 Å². The van der Waals surface area contributed by atoms with Crippen molar-refractivity contribution in [2.24, 2.45) is 5.92 Å². The van der Waals surface area contributed by atoms with Crippen molar-refractivity contribution in [2.45, 2.75) is 31.7 Å². The van der Waals surface area contributed by atoms with Gasteiger partial charge in [0, 0.05) is 0 Å². The molecule has 3 heteroatoms. The average molecular weight is 155 g/mol. The Balaban J connectivity index is 1.90. The number of nitrogens with one attached hydrogen (secondary N) is 1. The van der Waals surface area contributed by atoms with Crippen LogP contribution >= 0.6 is 0 Å². The van der Waals surface area contributed by atoms with Gasteiger partial charge >= 0.3 is 6.09 Å². The van der Waals surface area contributed by atoms with E-state index in [2.05, 4.69) is 5.32 Å². The maximum atomic E-state index is 10.7. The lowest BCUT2D eigenvalue weighted by atomic mass is 10.00. The molecule has 1 saturated heterocycles. The number of ether oxygens (including phenoxy) is 1. The maximum absolute atomic E-state index is 10.7. The molecule has 1 amide bonds. The zero-order chi connectivity index (χ0) is 7.68. The summed E-state index contributed by atoms with van der Waals surface area (Å²) in [7, 11) is 0. The molecule has 2 aliphatic rings. The van der Waals surface area contributed by atoms with Gasteiger partial charge in [-0.25, -0.2) is 4.79 Å². The first-order valence-electron chi connectivity index (χ1n) is 4.29. The molecule has 1 N–H and O–H groups in total. The molecule has 1 atom stereocenters. The summed E-state index contributed by atoms with van der Waals surface area (Å²) in [5.74, 6) is 0.682. The second-order valence-corrected chi connectivity index (χ2v) is 3.39. The highest BCUT2D eigenvalue weighted by atomic mass is 16.6. The van der Waals surface area contributed by atoms with E-state index in [1.54, 1.807) is 0 Å². The Morgan fingerprint density at radius 1 is 1.36 bits per heavy atom. The molecule has 2 rings (SSSR count). The number of rotatable bonds is 1. The van der Waals surface area contributed by atoms with E-state index in [-0.39, 0.29) is 6.09 Å². The zero-order valence-electron chi connectivity index (χ0n) is 6.51. The van der Waals surface area contributed by atoms with Gasteiger partial charge in [0.2, 0.25) is 0 Å². The molecule has 11 heavy (non-hydrogen) atoms. The van der Waals surface area contributed by atoms with Crippen LogP contribution in [0, 0.1) is 5.92 Å². The monoisotopic (exact) mass is 155 g/mol. The minimum Gasteiger partial charge on any atom is -0.447 e. The molecule has 0 aromatic rings. The van der Waals surface area contributed by atoms with Crippen LogP contribution in [0.3, 0.4) is 0 Å². The second kappa shape index (κ2) is 2.72. The lowest BCUT2D eigenvalue weighted by Crippen LogP contribution is -2.32. The lowest BCUT2D eigenvalue weighted by molar-refractivity contribution is 0.175. The molecule has 0 unspecified atom stereocenters. The maximum Gasteiger partial charge on any atom is 0.407 e. The zero-order valence-corrected chi connectivity index (χ0v) is 6.51. The van der Waals surface area contributed by atoms with E-state index < -0.39 is 0 Å². The number of amides is 1. The van der Waals surface area contributed by atoms with Crippen LogP contribution in [0.15, 0.2) is 0 Å². The van der Waals surface area contributed by atoms with Crippen molar-refractivity contribution in [3.63, 3.8) is 0 Å². The van der Waals surface area contributed by atoms with Crippen LogP contribution in [-0.4, -0.2) is 18.7 Å². The van der Waals surface area contributed by atoms with Gasteiger partial charge in [0.25, 0.3) is 0 Å². The topological polar surface area (TPSA) is 38.3 Å². The predicted octanol–water partition coefficient (Wildman–Crippen LogP) is 1.28. The summed E-state index contributed by atoms with van der Waals surface area (Å²) in [6.45, 7) is 0.587. The predicted molar refractivity (Wildman–Crippen MR) is 40.2 cm³/mol. The molecule has 3 nitrogen and oxygen atoms in total. The third-order valence-electron chi connectivity index (χ3n) is 2.67. The minimum absolute atomic E-state index is 0.234. The van der Waals surface area contributed by atoms with Gasteiger partial charge in [0.15, 0.2) is 0 Å². The van der Waals surface area contributed by atoms with Crippen LogP contribution in [0.5, 0.6) is 0 Å². The van der Waals surface area contributed by atoms with E-state index in [0.29, 0.717) is 18.6 Å². The van der Waals surface area contributed by atoms with Crippen LogP contribution < -0.4 is 5.32 Å². The fourth-order valence-corrected chi connectivity index (χ4v) is 2.01. The third-order valence-corrected chi connectivity index (χ3v) is 2.67. The normalized spacial score (nSPS) is 32.0. The molecule has 62 valence electrons. The van der Waals surface area contributed by atoms with Crippen LogP contribution in [0.4, 0.5) is 4.79 Å². The first-order chi connectivity index (χ1) is 5.36. The highest BCUT2D eigenvalue weighted by Crippen LogP contribution is 2.29. The molecular weight excluding hydrogens is 142 g/mol. The summed E-state index contributed by atoms with van der Waals surface area (Å²) in [4.78, 5) is 10.7. The van der Waals surface area contributed by atoms with E-state index >= 15 is 0 Å². The minimum atomic E-state index is -0.234. The first-order valence-corrected chi connectivity index (χ1v) is 4.29. The number of carbonyl (C=O) groups is 1. The van der Waals surface area contributed by atoms with Crippen molar-refractivity contribution in [3.05, 3.63) is 0 Å². The summed E-state index contributed by atoms with van der Waals surface area (Å²) in [5, 5.41) is 2.83. The quantitative estimate of drug-likeness (QED) is 0.619. The third kappa shape index (κ3) is 1.32. The summed E-state index contributed by atoms with van der Waals surface area (Å²) < 4.78 is 4.83. The largest absolute Gasteiger partial charge is 0.447 e. The summed E-state index contributed by atoms with van der Waals surface area (Å²) >= 11 is 0. The van der Waals surface area contributed by atoms with Crippen LogP contribution in [0.25, 0.3) is 0 Å².